The Morgan fingerprint density at radius 1 is 1.21 bits per heavy atom. The zero-order valence-electron chi connectivity index (χ0n) is 16.6. The van der Waals surface area contributed by atoms with Gasteiger partial charge in [-0.15, -0.1) is 12.4 Å². The Morgan fingerprint density at radius 2 is 1.90 bits per heavy atom. The average Bonchev–Trinajstić information content (AvgIpc) is 2.86. The average molecular weight is 421 g/mol. The first-order chi connectivity index (χ1) is 13.5. The molecule has 0 spiro atoms. The molecule has 0 saturated heterocycles. The van der Waals surface area contributed by atoms with Crippen LogP contribution < -0.4 is 16.8 Å². The van der Waals surface area contributed by atoms with Crippen LogP contribution in [0.4, 0.5) is 4.79 Å². The van der Waals surface area contributed by atoms with E-state index < -0.39 is 12.1 Å². The molecule has 1 aliphatic heterocycles. The van der Waals surface area contributed by atoms with Gasteiger partial charge in [0.1, 0.15) is 0 Å². The second-order valence-corrected chi connectivity index (χ2v) is 7.13. The molecule has 2 heterocycles. The Bertz CT molecular complexity index is 839. The second-order valence-electron chi connectivity index (χ2n) is 7.13. The Morgan fingerprint density at radius 3 is 2.59 bits per heavy atom. The van der Waals surface area contributed by atoms with E-state index in [1.165, 1.54) is 5.56 Å². The van der Waals surface area contributed by atoms with Crippen molar-refractivity contribution in [1.29, 1.82) is 0 Å². The SMILES string of the molecule is Cl.Cn1nc2c(c1-c1ccccc1)CCN(C(=O)[C@@H](N)CCCNC(N)=O)CC2. The number of primary amides is 1. The van der Waals surface area contributed by atoms with Crippen LogP contribution in [0, 0.1) is 0 Å². The number of carbonyl (C=O) groups is 2. The van der Waals surface area contributed by atoms with Gasteiger partial charge in [0.25, 0.3) is 0 Å². The van der Waals surface area contributed by atoms with E-state index in [4.69, 9.17) is 16.6 Å². The number of nitrogens with zero attached hydrogens (tertiary/aromatic N) is 3. The molecular weight excluding hydrogens is 392 g/mol. The molecule has 1 aromatic heterocycles. The van der Waals surface area contributed by atoms with Crippen molar-refractivity contribution in [3.8, 4) is 11.3 Å². The van der Waals surface area contributed by atoms with Gasteiger partial charge >= 0.3 is 6.03 Å². The molecule has 9 heteroatoms. The van der Waals surface area contributed by atoms with Gasteiger partial charge in [0.05, 0.1) is 17.4 Å². The van der Waals surface area contributed by atoms with Crippen molar-refractivity contribution in [2.75, 3.05) is 19.6 Å². The van der Waals surface area contributed by atoms with Crippen molar-refractivity contribution in [2.24, 2.45) is 18.5 Å². The van der Waals surface area contributed by atoms with Crippen LogP contribution in [0.3, 0.4) is 0 Å². The predicted molar refractivity (Wildman–Crippen MR) is 115 cm³/mol. The van der Waals surface area contributed by atoms with Crippen LogP contribution in [0.25, 0.3) is 11.3 Å². The van der Waals surface area contributed by atoms with Gasteiger partial charge in [-0.25, -0.2) is 4.79 Å². The van der Waals surface area contributed by atoms with Gasteiger partial charge in [0.15, 0.2) is 0 Å². The zero-order chi connectivity index (χ0) is 20.1. The number of nitrogens with two attached hydrogens (primary N) is 2. The molecule has 1 atom stereocenters. The lowest BCUT2D eigenvalue weighted by atomic mass is 10.0. The van der Waals surface area contributed by atoms with Crippen LogP contribution in [0.2, 0.25) is 0 Å². The van der Waals surface area contributed by atoms with E-state index in [1.807, 2.05) is 34.8 Å². The van der Waals surface area contributed by atoms with Gasteiger partial charge in [-0.1, -0.05) is 30.3 Å². The topological polar surface area (TPSA) is 119 Å². The first-order valence-electron chi connectivity index (χ1n) is 9.65. The minimum Gasteiger partial charge on any atom is -0.352 e. The molecule has 2 aromatic rings. The molecule has 29 heavy (non-hydrogen) atoms. The largest absolute Gasteiger partial charge is 0.352 e. The number of aryl methyl sites for hydroxylation is 1. The molecule has 1 aliphatic rings. The van der Waals surface area contributed by atoms with Gasteiger partial charge in [-0.2, -0.15) is 5.10 Å². The fourth-order valence-electron chi connectivity index (χ4n) is 3.76. The highest BCUT2D eigenvalue weighted by Gasteiger charge is 2.26. The zero-order valence-corrected chi connectivity index (χ0v) is 17.5. The van der Waals surface area contributed by atoms with E-state index in [2.05, 4.69) is 17.4 Å². The van der Waals surface area contributed by atoms with Crippen LogP contribution in [-0.4, -0.2) is 52.3 Å². The van der Waals surface area contributed by atoms with Crippen LogP contribution in [0.1, 0.15) is 24.1 Å². The Balaban J connectivity index is 0.00000300. The minimum atomic E-state index is -0.570. The number of halogens is 1. The maximum Gasteiger partial charge on any atom is 0.312 e. The summed E-state index contributed by atoms with van der Waals surface area (Å²) in [7, 11) is 1.97. The highest BCUT2D eigenvalue weighted by molar-refractivity contribution is 5.85. The molecule has 8 nitrogen and oxygen atoms in total. The quantitative estimate of drug-likeness (QED) is 0.608. The molecule has 0 aliphatic carbocycles. The Kier molecular flexibility index (Phi) is 8.04. The van der Waals surface area contributed by atoms with Crippen LogP contribution >= 0.6 is 12.4 Å². The fraction of sp³-hybridized carbons (Fsp3) is 0.450. The smallest absolute Gasteiger partial charge is 0.312 e. The number of fused-ring (bicyclic) bond motifs is 1. The molecule has 3 rings (SSSR count). The van der Waals surface area contributed by atoms with Crippen LogP contribution in [-0.2, 0) is 24.7 Å². The summed E-state index contributed by atoms with van der Waals surface area (Å²) < 4.78 is 1.94. The Hall–Kier alpha value is -2.58. The normalized spacial score (nSPS) is 14.3. The van der Waals surface area contributed by atoms with E-state index >= 15 is 0 Å². The standard InChI is InChI=1S/C20H28N6O2.ClH/c1-25-18(14-6-3-2-4-7-14)15-9-12-26(13-10-17(15)24-25)19(27)16(21)8-5-11-23-20(22)28;/h2-4,6-7,16H,5,8-13,21H2,1H3,(H3,22,23,28);1H/t16-;/m0./s1. The Labute approximate surface area is 177 Å². The second kappa shape index (κ2) is 10.3. The highest BCUT2D eigenvalue weighted by atomic mass is 35.5. The summed E-state index contributed by atoms with van der Waals surface area (Å²) in [6.07, 6.45) is 2.61. The number of benzene rings is 1. The van der Waals surface area contributed by atoms with Crippen LogP contribution in [0.15, 0.2) is 30.3 Å². The van der Waals surface area contributed by atoms with E-state index in [0.29, 0.717) is 32.5 Å². The van der Waals surface area contributed by atoms with E-state index in [1.54, 1.807) is 0 Å². The molecule has 158 valence electrons. The van der Waals surface area contributed by atoms with Crippen LogP contribution in [0.5, 0.6) is 0 Å². The molecule has 5 N–H and O–H groups in total. The molecular formula is C20H29ClN6O2. The molecule has 0 fully saturated rings. The number of hydrogen-bond acceptors (Lipinski definition) is 4. The number of carbonyl (C=O) groups excluding carboxylic acids is 2. The van der Waals surface area contributed by atoms with Crippen molar-refractivity contribution in [3.63, 3.8) is 0 Å². The van der Waals surface area contributed by atoms with Gasteiger partial charge in [0, 0.05) is 44.2 Å². The van der Waals surface area contributed by atoms with E-state index in [0.717, 1.165) is 29.8 Å². The minimum absolute atomic E-state index is 0. The lowest BCUT2D eigenvalue weighted by Crippen LogP contribution is -2.45. The maximum atomic E-state index is 12.7. The van der Waals surface area contributed by atoms with E-state index in [-0.39, 0.29) is 18.3 Å². The summed E-state index contributed by atoms with van der Waals surface area (Å²) >= 11 is 0. The molecule has 1 aromatic carbocycles. The first kappa shape index (κ1) is 22.7. The number of rotatable bonds is 6. The number of amides is 3. The number of urea groups is 1. The number of aromatic nitrogens is 2. The third-order valence-corrected chi connectivity index (χ3v) is 5.15. The lowest BCUT2D eigenvalue weighted by molar-refractivity contribution is -0.132. The van der Waals surface area contributed by atoms with E-state index in [9.17, 15) is 9.59 Å². The summed E-state index contributed by atoms with van der Waals surface area (Å²) in [5.74, 6) is -0.0464. The first-order valence-corrected chi connectivity index (χ1v) is 9.65. The fourth-order valence-corrected chi connectivity index (χ4v) is 3.76. The third-order valence-electron chi connectivity index (χ3n) is 5.15. The summed E-state index contributed by atoms with van der Waals surface area (Å²) in [6.45, 7) is 1.67. The molecule has 0 radical (unpaired) electrons. The van der Waals surface area contributed by atoms with Crippen molar-refractivity contribution in [3.05, 3.63) is 41.6 Å². The summed E-state index contributed by atoms with van der Waals surface area (Å²) in [5, 5.41) is 7.21. The van der Waals surface area contributed by atoms with Gasteiger partial charge in [0.2, 0.25) is 5.91 Å². The monoisotopic (exact) mass is 420 g/mol. The molecule has 0 bridgehead atoms. The van der Waals surface area contributed by atoms with Gasteiger partial charge < -0.3 is 21.7 Å². The van der Waals surface area contributed by atoms with Crippen molar-refractivity contribution < 1.29 is 9.59 Å². The van der Waals surface area contributed by atoms with Gasteiger partial charge in [-0.3, -0.25) is 9.48 Å². The number of nitrogens with one attached hydrogen (secondary N) is 1. The predicted octanol–water partition coefficient (Wildman–Crippen LogP) is 1.21. The van der Waals surface area contributed by atoms with Crippen molar-refractivity contribution in [2.45, 2.75) is 31.7 Å². The number of hydrogen-bond donors (Lipinski definition) is 3. The van der Waals surface area contributed by atoms with Crippen molar-refractivity contribution in [1.82, 2.24) is 20.0 Å². The summed E-state index contributed by atoms with van der Waals surface area (Å²) in [5.41, 5.74) is 15.6. The van der Waals surface area contributed by atoms with Gasteiger partial charge in [-0.05, 0) is 19.3 Å². The molecule has 3 amide bonds. The molecule has 0 unspecified atom stereocenters. The van der Waals surface area contributed by atoms with Crippen molar-refractivity contribution >= 4 is 24.3 Å². The highest BCUT2D eigenvalue weighted by Crippen LogP contribution is 2.28. The third kappa shape index (κ3) is 5.48. The summed E-state index contributed by atoms with van der Waals surface area (Å²) in [6, 6.07) is 9.08. The summed E-state index contributed by atoms with van der Waals surface area (Å²) in [4.78, 5) is 25.3. The molecule has 0 saturated carbocycles. The maximum absolute atomic E-state index is 12.7. The lowest BCUT2D eigenvalue weighted by Gasteiger charge is -2.24.